The highest BCUT2D eigenvalue weighted by Crippen LogP contribution is 2.07. The van der Waals surface area contributed by atoms with Gasteiger partial charge in [-0.05, 0) is 19.9 Å². The first-order chi connectivity index (χ1) is 6.11. The van der Waals surface area contributed by atoms with Crippen molar-refractivity contribution in [2.75, 3.05) is 0 Å². The first-order valence-corrected chi connectivity index (χ1v) is 3.97. The van der Waals surface area contributed by atoms with E-state index in [-0.39, 0.29) is 6.23 Å². The quantitative estimate of drug-likeness (QED) is 0.523. The Labute approximate surface area is 76.8 Å². The van der Waals surface area contributed by atoms with Gasteiger partial charge < -0.3 is 4.74 Å². The van der Waals surface area contributed by atoms with Crippen molar-refractivity contribution >= 4 is 5.97 Å². The van der Waals surface area contributed by atoms with Gasteiger partial charge in [0.05, 0.1) is 0 Å². The fourth-order valence-corrected chi connectivity index (χ4v) is 0.805. The lowest BCUT2D eigenvalue weighted by molar-refractivity contribution is -0.148. The van der Waals surface area contributed by atoms with E-state index in [1.54, 1.807) is 37.0 Å². The van der Waals surface area contributed by atoms with E-state index in [4.69, 9.17) is 4.74 Å². The molecule has 4 heteroatoms. The Kier molecular flexibility index (Phi) is 2.84. The number of aromatic nitrogens is 2. The van der Waals surface area contributed by atoms with Gasteiger partial charge in [-0.25, -0.2) is 9.48 Å². The van der Waals surface area contributed by atoms with Gasteiger partial charge >= 0.3 is 5.97 Å². The fourth-order valence-electron chi connectivity index (χ4n) is 0.805. The largest absolute Gasteiger partial charge is 0.437 e. The second-order valence-electron chi connectivity index (χ2n) is 2.77. The minimum Gasteiger partial charge on any atom is -0.437 e. The van der Waals surface area contributed by atoms with E-state index in [1.807, 2.05) is 0 Å². The summed E-state index contributed by atoms with van der Waals surface area (Å²) in [4.78, 5) is 11.1. The number of esters is 1. The van der Waals surface area contributed by atoms with Gasteiger partial charge in [0.15, 0.2) is 6.23 Å². The SMILES string of the molecule is C=C(C)C(=O)OC(C)n1cccn1. The summed E-state index contributed by atoms with van der Waals surface area (Å²) in [5.74, 6) is -0.400. The Morgan fingerprint density at radius 3 is 2.85 bits per heavy atom. The van der Waals surface area contributed by atoms with Crippen molar-refractivity contribution in [1.29, 1.82) is 0 Å². The number of rotatable bonds is 3. The Hall–Kier alpha value is -1.58. The fraction of sp³-hybridized carbons (Fsp3) is 0.333. The van der Waals surface area contributed by atoms with Crippen LogP contribution in [0.3, 0.4) is 0 Å². The molecular weight excluding hydrogens is 168 g/mol. The summed E-state index contributed by atoms with van der Waals surface area (Å²) in [6.07, 6.45) is 2.97. The number of carbonyl (C=O) groups is 1. The van der Waals surface area contributed by atoms with E-state index >= 15 is 0 Å². The lowest BCUT2D eigenvalue weighted by Crippen LogP contribution is -2.15. The summed E-state index contributed by atoms with van der Waals surface area (Å²) in [7, 11) is 0. The molecule has 0 spiro atoms. The highest BCUT2D eigenvalue weighted by Gasteiger charge is 2.10. The molecule has 0 aliphatic carbocycles. The smallest absolute Gasteiger partial charge is 0.335 e. The first kappa shape index (κ1) is 9.51. The van der Waals surface area contributed by atoms with Crippen LogP contribution in [0, 0.1) is 0 Å². The summed E-state index contributed by atoms with van der Waals surface area (Å²) in [5.41, 5.74) is 0.388. The summed E-state index contributed by atoms with van der Waals surface area (Å²) >= 11 is 0. The molecular formula is C9H12N2O2. The molecule has 0 N–H and O–H groups in total. The van der Waals surface area contributed by atoms with Crippen molar-refractivity contribution in [3.63, 3.8) is 0 Å². The van der Waals surface area contributed by atoms with Crippen molar-refractivity contribution in [3.05, 3.63) is 30.6 Å². The van der Waals surface area contributed by atoms with Gasteiger partial charge in [-0.1, -0.05) is 6.58 Å². The van der Waals surface area contributed by atoms with Crippen LogP contribution in [-0.2, 0) is 9.53 Å². The molecule has 0 fully saturated rings. The molecule has 1 rings (SSSR count). The van der Waals surface area contributed by atoms with Crippen LogP contribution in [0.15, 0.2) is 30.6 Å². The summed E-state index contributed by atoms with van der Waals surface area (Å²) < 4.78 is 6.57. The zero-order chi connectivity index (χ0) is 9.84. The van der Waals surface area contributed by atoms with Gasteiger partial charge in [-0.15, -0.1) is 0 Å². The van der Waals surface area contributed by atoms with Gasteiger partial charge in [0, 0.05) is 18.0 Å². The van der Waals surface area contributed by atoms with Crippen LogP contribution >= 0.6 is 0 Å². The lowest BCUT2D eigenvalue weighted by atomic mass is 10.4. The minimum absolute atomic E-state index is 0.388. The average Bonchev–Trinajstić information content (AvgIpc) is 2.55. The molecule has 0 radical (unpaired) electrons. The Morgan fingerprint density at radius 1 is 1.69 bits per heavy atom. The molecule has 1 atom stereocenters. The average molecular weight is 180 g/mol. The highest BCUT2D eigenvalue weighted by molar-refractivity contribution is 5.86. The molecule has 13 heavy (non-hydrogen) atoms. The standard InChI is InChI=1S/C9H12N2O2/c1-7(2)9(12)13-8(3)11-6-4-5-10-11/h4-6,8H,1H2,2-3H3. The molecule has 0 aromatic carbocycles. The highest BCUT2D eigenvalue weighted by atomic mass is 16.6. The van der Waals surface area contributed by atoms with Crippen LogP contribution in [0.25, 0.3) is 0 Å². The maximum absolute atomic E-state index is 11.1. The predicted octanol–water partition coefficient (Wildman–Crippen LogP) is 1.52. The second-order valence-corrected chi connectivity index (χ2v) is 2.77. The number of carbonyl (C=O) groups excluding carboxylic acids is 1. The number of nitrogens with zero attached hydrogens (tertiary/aromatic N) is 2. The Bertz CT molecular complexity index is 303. The molecule has 1 aromatic heterocycles. The van der Waals surface area contributed by atoms with E-state index in [0.717, 1.165) is 0 Å². The molecule has 0 saturated carbocycles. The first-order valence-electron chi connectivity index (χ1n) is 3.97. The van der Waals surface area contributed by atoms with E-state index in [2.05, 4.69) is 11.7 Å². The Balaban J connectivity index is 2.56. The van der Waals surface area contributed by atoms with E-state index in [1.165, 1.54) is 0 Å². The topological polar surface area (TPSA) is 44.1 Å². The molecule has 0 saturated heterocycles. The number of ether oxygens (including phenoxy) is 1. The molecule has 4 nitrogen and oxygen atoms in total. The summed E-state index contributed by atoms with van der Waals surface area (Å²) in [6.45, 7) is 6.84. The van der Waals surface area contributed by atoms with Crippen molar-refractivity contribution in [2.45, 2.75) is 20.1 Å². The van der Waals surface area contributed by atoms with Crippen LogP contribution in [0.1, 0.15) is 20.1 Å². The van der Waals surface area contributed by atoms with Crippen molar-refractivity contribution in [1.82, 2.24) is 9.78 Å². The molecule has 1 aromatic rings. The van der Waals surface area contributed by atoms with Crippen LogP contribution in [0.5, 0.6) is 0 Å². The number of hydrogen-bond acceptors (Lipinski definition) is 3. The minimum atomic E-state index is -0.400. The normalized spacial score (nSPS) is 12.2. The van der Waals surface area contributed by atoms with Crippen LogP contribution in [0.2, 0.25) is 0 Å². The predicted molar refractivity (Wildman–Crippen MR) is 47.8 cm³/mol. The van der Waals surface area contributed by atoms with Crippen molar-refractivity contribution in [2.24, 2.45) is 0 Å². The van der Waals surface area contributed by atoms with Crippen molar-refractivity contribution < 1.29 is 9.53 Å². The van der Waals surface area contributed by atoms with Gasteiger partial charge in [0.1, 0.15) is 0 Å². The Morgan fingerprint density at radius 2 is 2.38 bits per heavy atom. The van der Waals surface area contributed by atoms with Crippen molar-refractivity contribution in [3.8, 4) is 0 Å². The van der Waals surface area contributed by atoms with Gasteiger partial charge in [-0.2, -0.15) is 5.10 Å². The number of hydrogen-bond donors (Lipinski definition) is 0. The molecule has 1 heterocycles. The molecule has 0 amide bonds. The maximum Gasteiger partial charge on any atom is 0.335 e. The third-order valence-corrected chi connectivity index (χ3v) is 1.52. The lowest BCUT2D eigenvalue weighted by Gasteiger charge is -2.12. The molecule has 1 unspecified atom stereocenters. The summed E-state index contributed by atoms with van der Waals surface area (Å²) in [6, 6.07) is 1.77. The van der Waals surface area contributed by atoms with E-state index < -0.39 is 5.97 Å². The summed E-state index contributed by atoms with van der Waals surface area (Å²) in [5, 5.41) is 3.94. The molecule has 0 aliphatic heterocycles. The zero-order valence-electron chi connectivity index (χ0n) is 7.73. The monoisotopic (exact) mass is 180 g/mol. The van der Waals surface area contributed by atoms with Gasteiger partial charge in [0.25, 0.3) is 0 Å². The van der Waals surface area contributed by atoms with Gasteiger partial charge in [0.2, 0.25) is 0 Å². The maximum atomic E-state index is 11.1. The van der Waals surface area contributed by atoms with E-state index in [0.29, 0.717) is 5.57 Å². The zero-order valence-corrected chi connectivity index (χ0v) is 7.73. The third kappa shape index (κ3) is 2.43. The van der Waals surface area contributed by atoms with Crippen LogP contribution in [0.4, 0.5) is 0 Å². The van der Waals surface area contributed by atoms with E-state index in [9.17, 15) is 4.79 Å². The van der Waals surface area contributed by atoms with Crippen LogP contribution in [-0.4, -0.2) is 15.7 Å². The molecule has 70 valence electrons. The van der Waals surface area contributed by atoms with Crippen LogP contribution < -0.4 is 0 Å². The molecule has 0 bridgehead atoms. The molecule has 0 aliphatic rings. The van der Waals surface area contributed by atoms with Gasteiger partial charge in [-0.3, -0.25) is 0 Å². The third-order valence-electron chi connectivity index (χ3n) is 1.52. The second kappa shape index (κ2) is 3.89.